The fourth-order valence-corrected chi connectivity index (χ4v) is 2.66. The van der Waals surface area contributed by atoms with Crippen LogP contribution < -0.4 is 5.14 Å². The fraction of sp³-hybridized carbons (Fsp3) is 0. The van der Waals surface area contributed by atoms with Gasteiger partial charge < -0.3 is 0 Å². The van der Waals surface area contributed by atoms with E-state index in [0.29, 0.717) is 22.0 Å². The lowest BCUT2D eigenvalue weighted by Gasteiger charge is -2.07. The van der Waals surface area contributed by atoms with Crippen LogP contribution in [0.4, 0.5) is 0 Å². The maximum atomic E-state index is 11.3. The maximum Gasteiger partial charge on any atom is 0.238 e. The maximum absolute atomic E-state index is 11.3. The lowest BCUT2D eigenvalue weighted by atomic mass is 10.3. The molecule has 0 atom stereocenters. The zero-order chi connectivity index (χ0) is 15.7. The van der Waals surface area contributed by atoms with E-state index in [1.807, 2.05) is 0 Å². The van der Waals surface area contributed by atoms with Crippen LogP contribution in [0.15, 0.2) is 47.8 Å². The molecule has 1 aromatic carbocycles. The number of nitrogens with zero attached hydrogens (tertiary/aromatic N) is 4. The third-order valence-corrected chi connectivity index (χ3v) is 4.09. The molecule has 0 spiro atoms. The van der Waals surface area contributed by atoms with E-state index in [1.165, 1.54) is 12.1 Å². The first kappa shape index (κ1) is 14.5. The summed E-state index contributed by atoms with van der Waals surface area (Å²) < 4.78 is 24.6. The van der Waals surface area contributed by atoms with E-state index in [-0.39, 0.29) is 4.90 Å². The van der Waals surface area contributed by atoms with Gasteiger partial charge in [-0.25, -0.2) is 18.5 Å². The number of hydrogen-bond donors (Lipinski definition) is 2. The number of primary sulfonamides is 1. The summed E-state index contributed by atoms with van der Waals surface area (Å²) in [5, 5.41) is 11.9. The number of rotatable bonds is 3. The minimum Gasteiger partial charge on any atom is -0.267 e. The molecule has 0 amide bonds. The second-order valence-electron chi connectivity index (χ2n) is 4.32. The Morgan fingerprint density at radius 3 is 2.50 bits per heavy atom. The van der Waals surface area contributed by atoms with Crippen molar-refractivity contribution in [1.82, 2.24) is 24.7 Å². The Kier molecular flexibility index (Phi) is 3.56. The monoisotopic (exact) mass is 334 g/mol. The van der Waals surface area contributed by atoms with Gasteiger partial charge in [0.1, 0.15) is 5.69 Å². The Labute approximate surface area is 130 Å². The molecular weight excluding hydrogens is 324 g/mol. The molecule has 8 nitrogen and oxygen atoms in total. The summed E-state index contributed by atoms with van der Waals surface area (Å²) in [4.78, 5) is 8.19. The second-order valence-corrected chi connectivity index (χ2v) is 6.27. The SMILES string of the molecule is NS(=O)(=O)c1ccc(-n2c(-c3cnccn3)n[nH]c2=S)cc1. The lowest BCUT2D eigenvalue weighted by molar-refractivity contribution is 0.598. The van der Waals surface area contributed by atoms with Gasteiger partial charge in [-0.3, -0.25) is 14.6 Å². The average Bonchev–Trinajstić information content (AvgIpc) is 2.89. The Morgan fingerprint density at radius 1 is 1.18 bits per heavy atom. The van der Waals surface area contributed by atoms with E-state index in [1.54, 1.807) is 35.3 Å². The van der Waals surface area contributed by atoms with Crippen LogP contribution in [0, 0.1) is 4.77 Å². The highest BCUT2D eigenvalue weighted by atomic mass is 32.2. The van der Waals surface area contributed by atoms with Crippen molar-refractivity contribution in [3.05, 3.63) is 47.6 Å². The highest BCUT2D eigenvalue weighted by Gasteiger charge is 2.13. The first-order valence-electron chi connectivity index (χ1n) is 6.04. The van der Waals surface area contributed by atoms with Gasteiger partial charge in [-0.05, 0) is 36.5 Å². The predicted octanol–water partition coefficient (Wildman–Crippen LogP) is 1.03. The quantitative estimate of drug-likeness (QED) is 0.690. The van der Waals surface area contributed by atoms with Gasteiger partial charge in [-0.2, -0.15) is 5.10 Å². The summed E-state index contributed by atoms with van der Waals surface area (Å²) in [7, 11) is -3.74. The molecule has 2 aromatic heterocycles. The van der Waals surface area contributed by atoms with Gasteiger partial charge in [-0.1, -0.05) is 0 Å². The standard InChI is InChI=1S/C12H10N6O2S2/c13-22(19,20)9-3-1-8(2-4-9)18-11(16-17-12(18)21)10-7-14-5-6-15-10/h1-7H,(H,17,21)(H2,13,19,20). The van der Waals surface area contributed by atoms with Crippen LogP contribution >= 0.6 is 12.2 Å². The molecule has 0 bridgehead atoms. The van der Waals surface area contributed by atoms with Crippen molar-refractivity contribution in [3.8, 4) is 17.2 Å². The van der Waals surface area contributed by atoms with Crippen molar-refractivity contribution >= 4 is 22.2 Å². The van der Waals surface area contributed by atoms with Crippen LogP contribution in [-0.2, 0) is 10.0 Å². The van der Waals surface area contributed by atoms with Crippen LogP contribution in [-0.4, -0.2) is 33.2 Å². The van der Waals surface area contributed by atoms with Crippen molar-refractivity contribution in [2.24, 2.45) is 5.14 Å². The van der Waals surface area contributed by atoms with Crippen LogP contribution in [0.25, 0.3) is 17.2 Å². The summed E-state index contributed by atoms with van der Waals surface area (Å²) >= 11 is 5.21. The molecular formula is C12H10N6O2S2. The summed E-state index contributed by atoms with van der Waals surface area (Å²) in [6.45, 7) is 0. The Balaban J connectivity index is 2.14. The van der Waals surface area contributed by atoms with Crippen molar-refractivity contribution < 1.29 is 8.42 Å². The van der Waals surface area contributed by atoms with Crippen molar-refractivity contribution in [1.29, 1.82) is 0 Å². The van der Waals surface area contributed by atoms with Gasteiger partial charge in [0, 0.05) is 12.4 Å². The average molecular weight is 334 g/mol. The first-order valence-corrected chi connectivity index (χ1v) is 7.99. The van der Waals surface area contributed by atoms with Crippen molar-refractivity contribution in [2.45, 2.75) is 4.90 Å². The number of nitrogens with two attached hydrogens (primary N) is 1. The number of H-pyrrole nitrogens is 1. The van der Waals surface area contributed by atoms with E-state index in [0.717, 1.165) is 0 Å². The van der Waals surface area contributed by atoms with Crippen LogP contribution in [0.1, 0.15) is 0 Å². The molecule has 0 aliphatic heterocycles. The molecule has 0 saturated heterocycles. The summed E-state index contributed by atoms with van der Waals surface area (Å²) in [5.74, 6) is 0.474. The number of hydrogen-bond acceptors (Lipinski definition) is 6. The lowest BCUT2D eigenvalue weighted by Crippen LogP contribution is -2.12. The molecule has 0 aliphatic rings. The molecule has 0 radical (unpaired) electrons. The highest BCUT2D eigenvalue weighted by molar-refractivity contribution is 7.89. The molecule has 3 N–H and O–H groups in total. The van der Waals surface area contributed by atoms with Gasteiger partial charge in [0.05, 0.1) is 16.8 Å². The molecule has 112 valence electrons. The zero-order valence-corrected chi connectivity index (χ0v) is 12.7. The number of benzene rings is 1. The van der Waals surface area contributed by atoms with Gasteiger partial charge in [0.25, 0.3) is 0 Å². The van der Waals surface area contributed by atoms with Crippen LogP contribution in [0.3, 0.4) is 0 Å². The van der Waals surface area contributed by atoms with Crippen LogP contribution in [0.2, 0.25) is 0 Å². The van der Waals surface area contributed by atoms with Crippen LogP contribution in [0.5, 0.6) is 0 Å². The molecule has 2 heterocycles. The molecule has 0 saturated carbocycles. The second kappa shape index (κ2) is 5.40. The largest absolute Gasteiger partial charge is 0.267 e. The Hall–Kier alpha value is -2.43. The van der Waals surface area contributed by atoms with E-state index in [4.69, 9.17) is 17.4 Å². The topological polar surface area (TPSA) is 120 Å². The number of aromatic amines is 1. The number of aromatic nitrogens is 5. The number of sulfonamides is 1. The summed E-state index contributed by atoms with van der Waals surface area (Å²) in [6.07, 6.45) is 4.65. The van der Waals surface area contributed by atoms with E-state index < -0.39 is 10.0 Å². The normalized spacial score (nSPS) is 11.5. The third kappa shape index (κ3) is 2.66. The van der Waals surface area contributed by atoms with E-state index in [9.17, 15) is 8.42 Å². The van der Waals surface area contributed by atoms with Gasteiger partial charge in [-0.15, -0.1) is 0 Å². The third-order valence-electron chi connectivity index (χ3n) is 2.89. The molecule has 22 heavy (non-hydrogen) atoms. The Bertz CT molecular complexity index is 961. The summed E-state index contributed by atoms with van der Waals surface area (Å²) in [6, 6.07) is 5.98. The fourth-order valence-electron chi connectivity index (χ4n) is 1.91. The smallest absolute Gasteiger partial charge is 0.238 e. The molecule has 0 fully saturated rings. The number of nitrogens with one attached hydrogen (secondary N) is 1. The molecule has 0 aliphatic carbocycles. The Morgan fingerprint density at radius 2 is 1.91 bits per heavy atom. The minimum atomic E-state index is -3.74. The van der Waals surface area contributed by atoms with E-state index >= 15 is 0 Å². The molecule has 3 rings (SSSR count). The van der Waals surface area contributed by atoms with Gasteiger partial charge >= 0.3 is 0 Å². The predicted molar refractivity (Wildman–Crippen MR) is 81.1 cm³/mol. The minimum absolute atomic E-state index is 0.0207. The molecule has 0 unspecified atom stereocenters. The van der Waals surface area contributed by atoms with E-state index in [2.05, 4.69) is 20.2 Å². The highest BCUT2D eigenvalue weighted by Crippen LogP contribution is 2.20. The van der Waals surface area contributed by atoms with Crippen molar-refractivity contribution in [3.63, 3.8) is 0 Å². The van der Waals surface area contributed by atoms with Gasteiger partial charge in [0.15, 0.2) is 10.6 Å². The molecule has 3 aromatic rings. The molecule has 10 heteroatoms. The first-order chi connectivity index (χ1) is 10.5. The van der Waals surface area contributed by atoms with Gasteiger partial charge in [0.2, 0.25) is 10.0 Å². The zero-order valence-electron chi connectivity index (χ0n) is 11.0. The van der Waals surface area contributed by atoms with Crippen molar-refractivity contribution in [2.75, 3.05) is 0 Å². The summed E-state index contributed by atoms with van der Waals surface area (Å²) in [5.41, 5.74) is 1.16.